The molecule has 128 valence electrons. The number of benzene rings is 1. The maximum absolute atomic E-state index is 12.5. The number of hydrogen-bond acceptors (Lipinski definition) is 5. The minimum Gasteiger partial charge on any atom is -0.348 e. The van der Waals surface area contributed by atoms with Crippen LogP contribution in [0.15, 0.2) is 52.9 Å². The van der Waals surface area contributed by atoms with Gasteiger partial charge in [0.15, 0.2) is 4.96 Å². The van der Waals surface area contributed by atoms with Crippen LogP contribution in [0.2, 0.25) is 0 Å². The topological polar surface area (TPSA) is 66.7 Å². The van der Waals surface area contributed by atoms with Crippen LogP contribution in [-0.4, -0.2) is 39.3 Å². The number of carbonyl (C=O) groups is 1. The van der Waals surface area contributed by atoms with E-state index in [0.29, 0.717) is 4.96 Å². The monoisotopic (exact) mass is 354 g/mol. The van der Waals surface area contributed by atoms with Crippen LogP contribution in [0.5, 0.6) is 0 Å². The van der Waals surface area contributed by atoms with Crippen LogP contribution in [0.25, 0.3) is 4.96 Å². The van der Waals surface area contributed by atoms with Crippen LogP contribution in [-0.2, 0) is 6.54 Å². The van der Waals surface area contributed by atoms with Crippen molar-refractivity contribution in [2.75, 3.05) is 13.1 Å². The molecule has 0 aliphatic carbocycles. The van der Waals surface area contributed by atoms with Crippen molar-refractivity contribution in [3.05, 3.63) is 69.6 Å². The van der Waals surface area contributed by atoms with Gasteiger partial charge < -0.3 is 5.32 Å². The Morgan fingerprint density at radius 2 is 2.16 bits per heavy atom. The van der Waals surface area contributed by atoms with Gasteiger partial charge in [0.1, 0.15) is 5.56 Å². The highest BCUT2D eigenvalue weighted by molar-refractivity contribution is 7.15. The molecule has 1 atom stereocenters. The fourth-order valence-corrected chi connectivity index (χ4v) is 3.85. The lowest BCUT2D eigenvalue weighted by molar-refractivity contribution is 0.0935. The molecule has 4 rings (SSSR count). The van der Waals surface area contributed by atoms with Gasteiger partial charge in [-0.2, -0.15) is 0 Å². The van der Waals surface area contributed by atoms with Gasteiger partial charge in [-0.05, 0) is 12.0 Å². The summed E-state index contributed by atoms with van der Waals surface area (Å²) < 4.78 is 1.41. The van der Waals surface area contributed by atoms with Crippen LogP contribution in [0.1, 0.15) is 22.3 Å². The lowest BCUT2D eigenvalue weighted by atomic mass is 10.2. The Labute approximate surface area is 148 Å². The summed E-state index contributed by atoms with van der Waals surface area (Å²) in [4.78, 5) is 31.9. The first-order valence-electron chi connectivity index (χ1n) is 8.23. The van der Waals surface area contributed by atoms with E-state index >= 15 is 0 Å². The van der Waals surface area contributed by atoms with Crippen LogP contribution in [0.3, 0.4) is 0 Å². The number of fused-ring (bicyclic) bond motifs is 1. The molecule has 25 heavy (non-hydrogen) atoms. The van der Waals surface area contributed by atoms with Crippen molar-refractivity contribution in [3.63, 3.8) is 0 Å². The Balaban J connectivity index is 1.41. The first-order chi connectivity index (χ1) is 12.2. The zero-order valence-corrected chi connectivity index (χ0v) is 14.4. The summed E-state index contributed by atoms with van der Waals surface area (Å²) >= 11 is 1.37. The van der Waals surface area contributed by atoms with E-state index in [2.05, 4.69) is 27.3 Å². The highest BCUT2D eigenvalue weighted by atomic mass is 32.1. The van der Waals surface area contributed by atoms with Gasteiger partial charge in [-0.25, -0.2) is 4.98 Å². The average molecular weight is 354 g/mol. The molecule has 3 heterocycles. The summed E-state index contributed by atoms with van der Waals surface area (Å²) in [6.45, 7) is 2.59. The molecule has 1 N–H and O–H groups in total. The van der Waals surface area contributed by atoms with Crippen molar-refractivity contribution >= 4 is 22.2 Å². The number of nitrogens with zero attached hydrogens (tertiary/aromatic N) is 3. The largest absolute Gasteiger partial charge is 0.348 e. The Morgan fingerprint density at radius 1 is 1.32 bits per heavy atom. The second-order valence-corrected chi connectivity index (χ2v) is 7.09. The first-order valence-corrected chi connectivity index (χ1v) is 9.11. The van der Waals surface area contributed by atoms with Gasteiger partial charge in [-0.3, -0.25) is 18.9 Å². The Hall–Kier alpha value is -2.51. The smallest absolute Gasteiger partial charge is 0.271 e. The third-order valence-corrected chi connectivity index (χ3v) is 5.21. The van der Waals surface area contributed by atoms with E-state index in [1.807, 2.05) is 18.2 Å². The number of amides is 1. The Bertz CT molecular complexity index is 950. The number of nitrogens with one attached hydrogen (secondary N) is 1. The SMILES string of the molecule is O=C(N[C@@H]1CCN(Cc2ccccc2)C1)c1cnc2sccn2c1=O. The molecule has 3 aromatic rings. The zero-order chi connectivity index (χ0) is 17.2. The minimum atomic E-state index is -0.343. The predicted molar refractivity (Wildman–Crippen MR) is 96.9 cm³/mol. The first kappa shape index (κ1) is 16.0. The van der Waals surface area contributed by atoms with Crippen LogP contribution >= 0.6 is 11.3 Å². The van der Waals surface area contributed by atoms with Gasteiger partial charge in [-0.15, -0.1) is 11.3 Å². The molecular formula is C18H18N4O2S. The van der Waals surface area contributed by atoms with E-state index < -0.39 is 0 Å². The third-order valence-electron chi connectivity index (χ3n) is 4.44. The summed E-state index contributed by atoms with van der Waals surface area (Å²) in [5, 5.41) is 4.76. The summed E-state index contributed by atoms with van der Waals surface area (Å²) in [6, 6.07) is 10.3. The van der Waals surface area contributed by atoms with Crippen LogP contribution in [0.4, 0.5) is 0 Å². The molecule has 2 aromatic heterocycles. The molecule has 0 unspecified atom stereocenters. The van der Waals surface area contributed by atoms with Crippen molar-refractivity contribution in [2.24, 2.45) is 0 Å². The number of aromatic nitrogens is 2. The van der Waals surface area contributed by atoms with Gasteiger partial charge in [-0.1, -0.05) is 30.3 Å². The molecule has 1 saturated heterocycles. The molecular weight excluding hydrogens is 336 g/mol. The van der Waals surface area contributed by atoms with Gasteiger partial charge in [0.05, 0.1) is 0 Å². The van der Waals surface area contributed by atoms with Crippen molar-refractivity contribution in [1.82, 2.24) is 19.6 Å². The molecule has 1 aliphatic rings. The van der Waals surface area contributed by atoms with E-state index in [4.69, 9.17) is 0 Å². The lowest BCUT2D eigenvalue weighted by Gasteiger charge is -2.16. The minimum absolute atomic E-state index is 0.0544. The maximum atomic E-state index is 12.5. The third kappa shape index (κ3) is 3.33. The molecule has 6 nitrogen and oxygen atoms in total. The number of carbonyl (C=O) groups excluding carboxylic acids is 1. The van der Waals surface area contributed by atoms with Crippen LogP contribution < -0.4 is 10.9 Å². The summed E-state index contributed by atoms with van der Waals surface area (Å²) in [7, 11) is 0. The molecule has 0 radical (unpaired) electrons. The molecule has 0 spiro atoms. The Kier molecular flexibility index (Phi) is 4.33. The van der Waals surface area contributed by atoms with Gasteiger partial charge >= 0.3 is 0 Å². The van der Waals surface area contributed by atoms with E-state index in [9.17, 15) is 9.59 Å². The standard InChI is InChI=1S/C18H18N4O2S/c23-16(15-10-19-18-22(17(15)24)8-9-25-18)20-14-6-7-21(12-14)11-13-4-2-1-3-5-13/h1-5,8-10,14H,6-7,11-12H2,(H,20,23)/t14-/m1/s1. The predicted octanol–water partition coefficient (Wildman–Crippen LogP) is 1.76. The second-order valence-electron chi connectivity index (χ2n) is 6.21. The van der Waals surface area contributed by atoms with E-state index in [0.717, 1.165) is 26.1 Å². The van der Waals surface area contributed by atoms with Gasteiger partial charge in [0.2, 0.25) is 0 Å². The molecule has 1 amide bonds. The number of likely N-dealkylation sites (tertiary alicyclic amines) is 1. The molecule has 0 saturated carbocycles. The lowest BCUT2D eigenvalue weighted by Crippen LogP contribution is -2.39. The van der Waals surface area contributed by atoms with Crippen molar-refractivity contribution in [2.45, 2.75) is 19.0 Å². The zero-order valence-electron chi connectivity index (χ0n) is 13.6. The van der Waals surface area contributed by atoms with E-state index in [-0.39, 0.29) is 23.1 Å². The average Bonchev–Trinajstić information content (AvgIpc) is 3.26. The van der Waals surface area contributed by atoms with Crippen molar-refractivity contribution < 1.29 is 4.79 Å². The van der Waals surface area contributed by atoms with Crippen molar-refractivity contribution in [3.8, 4) is 0 Å². The highest BCUT2D eigenvalue weighted by Crippen LogP contribution is 2.14. The number of rotatable bonds is 4. The summed E-state index contributed by atoms with van der Waals surface area (Å²) in [6.07, 6.45) is 3.90. The van der Waals surface area contributed by atoms with Crippen molar-refractivity contribution in [1.29, 1.82) is 0 Å². The van der Waals surface area contributed by atoms with E-state index in [1.54, 1.807) is 11.6 Å². The van der Waals surface area contributed by atoms with Gasteiger partial charge in [0, 0.05) is 43.4 Å². The molecule has 0 bridgehead atoms. The number of thiazole rings is 1. The molecule has 1 fully saturated rings. The van der Waals surface area contributed by atoms with Crippen LogP contribution in [0, 0.1) is 0 Å². The molecule has 7 heteroatoms. The fourth-order valence-electron chi connectivity index (χ4n) is 3.18. The Morgan fingerprint density at radius 3 is 3.00 bits per heavy atom. The second kappa shape index (κ2) is 6.78. The van der Waals surface area contributed by atoms with E-state index in [1.165, 1.54) is 27.5 Å². The number of hydrogen-bond donors (Lipinski definition) is 1. The highest BCUT2D eigenvalue weighted by Gasteiger charge is 2.25. The maximum Gasteiger partial charge on any atom is 0.271 e. The van der Waals surface area contributed by atoms with Gasteiger partial charge in [0.25, 0.3) is 11.5 Å². The molecule has 1 aromatic carbocycles. The summed E-state index contributed by atoms with van der Waals surface area (Å²) in [5.41, 5.74) is 1.04. The normalized spacial score (nSPS) is 17.8. The quantitative estimate of drug-likeness (QED) is 0.775. The summed E-state index contributed by atoms with van der Waals surface area (Å²) in [5.74, 6) is -0.343. The molecule has 1 aliphatic heterocycles. The fraction of sp³-hybridized carbons (Fsp3) is 0.278.